The summed E-state index contributed by atoms with van der Waals surface area (Å²) in [6.45, 7) is 6.32. The lowest BCUT2D eigenvalue weighted by atomic mass is 9.95. The van der Waals surface area contributed by atoms with Crippen molar-refractivity contribution in [1.82, 2.24) is 14.8 Å². The molecular weight excluding hydrogens is 340 g/mol. The first-order chi connectivity index (χ1) is 12.0. The van der Waals surface area contributed by atoms with Crippen molar-refractivity contribution in [3.63, 3.8) is 0 Å². The molecule has 0 radical (unpaired) electrons. The molecule has 2 saturated heterocycles. The molecule has 0 spiro atoms. The Kier molecular flexibility index (Phi) is 5.90. The van der Waals surface area contributed by atoms with Crippen LogP contribution in [0.4, 0.5) is 9.93 Å². The van der Waals surface area contributed by atoms with Crippen molar-refractivity contribution in [2.24, 2.45) is 5.92 Å². The van der Waals surface area contributed by atoms with Crippen molar-refractivity contribution >= 4 is 28.5 Å². The van der Waals surface area contributed by atoms with Crippen LogP contribution in [0.1, 0.15) is 38.3 Å². The van der Waals surface area contributed by atoms with Gasteiger partial charge >= 0.3 is 6.09 Å². The van der Waals surface area contributed by atoms with Gasteiger partial charge in [-0.15, -0.1) is 11.3 Å². The molecule has 0 aliphatic carbocycles. The second-order valence-electron chi connectivity index (χ2n) is 7.11. The molecule has 3 heterocycles. The number of piperidine rings is 2. The number of nitrogens with one attached hydrogen (secondary N) is 1. The molecule has 3 rings (SSSR count). The molecule has 0 aromatic carbocycles. The van der Waals surface area contributed by atoms with Gasteiger partial charge in [-0.05, 0) is 38.1 Å². The predicted octanol–water partition coefficient (Wildman–Crippen LogP) is 2.50. The maximum atomic E-state index is 12.5. The van der Waals surface area contributed by atoms with Gasteiger partial charge in [-0.25, -0.2) is 9.78 Å². The summed E-state index contributed by atoms with van der Waals surface area (Å²) in [5, 5.41) is 13.0. The second-order valence-corrected chi connectivity index (χ2v) is 7.96. The molecule has 2 amide bonds. The summed E-state index contributed by atoms with van der Waals surface area (Å²) in [6.07, 6.45) is 3.81. The zero-order valence-electron chi connectivity index (χ0n) is 14.6. The molecule has 2 aliphatic rings. The quantitative estimate of drug-likeness (QED) is 0.855. The number of rotatable bonds is 4. The van der Waals surface area contributed by atoms with E-state index in [9.17, 15) is 9.59 Å². The van der Waals surface area contributed by atoms with Crippen molar-refractivity contribution in [2.45, 2.75) is 45.1 Å². The molecule has 1 aromatic rings. The van der Waals surface area contributed by atoms with Crippen LogP contribution in [0.2, 0.25) is 0 Å². The highest BCUT2D eigenvalue weighted by atomic mass is 32.1. The van der Waals surface area contributed by atoms with Crippen LogP contribution >= 0.6 is 11.3 Å². The molecule has 7 nitrogen and oxygen atoms in total. The van der Waals surface area contributed by atoms with Crippen LogP contribution in [0.5, 0.6) is 0 Å². The SMILES string of the molecule is CC1CCCN(C2CCN(C(=O)Cc3csc(NC(=O)O)n3)CC2)C1. The smallest absolute Gasteiger partial charge is 0.410 e. The number of amides is 2. The summed E-state index contributed by atoms with van der Waals surface area (Å²) < 4.78 is 0. The first-order valence-corrected chi connectivity index (χ1v) is 9.85. The van der Waals surface area contributed by atoms with E-state index in [1.807, 2.05) is 4.90 Å². The van der Waals surface area contributed by atoms with Crippen molar-refractivity contribution in [2.75, 3.05) is 31.5 Å². The Morgan fingerprint density at radius 3 is 2.76 bits per heavy atom. The van der Waals surface area contributed by atoms with E-state index in [0.29, 0.717) is 16.9 Å². The summed E-state index contributed by atoms with van der Waals surface area (Å²) in [5.74, 6) is 0.865. The van der Waals surface area contributed by atoms with Crippen LogP contribution in [0.15, 0.2) is 5.38 Å². The first kappa shape index (κ1) is 18.1. The molecule has 138 valence electrons. The second kappa shape index (κ2) is 8.14. The monoisotopic (exact) mass is 366 g/mol. The minimum Gasteiger partial charge on any atom is -0.465 e. The van der Waals surface area contributed by atoms with Gasteiger partial charge < -0.3 is 10.0 Å². The van der Waals surface area contributed by atoms with Gasteiger partial charge in [-0.2, -0.15) is 0 Å². The van der Waals surface area contributed by atoms with Crippen molar-refractivity contribution in [3.8, 4) is 0 Å². The molecule has 2 fully saturated rings. The Morgan fingerprint density at radius 1 is 1.32 bits per heavy atom. The number of likely N-dealkylation sites (tertiary alicyclic amines) is 2. The summed E-state index contributed by atoms with van der Waals surface area (Å²) in [7, 11) is 0. The number of thiazole rings is 1. The fourth-order valence-corrected chi connectivity index (χ4v) is 4.54. The molecular formula is C17H26N4O3S. The van der Waals surface area contributed by atoms with Gasteiger partial charge in [0.15, 0.2) is 5.13 Å². The molecule has 0 saturated carbocycles. The standard InChI is InChI=1S/C17H26N4O3S/c1-12-3-2-6-21(10-12)14-4-7-20(8-5-14)15(22)9-13-11-25-16(18-13)19-17(23)24/h11-12,14H,2-10H2,1H3,(H,18,19)(H,23,24). The summed E-state index contributed by atoms with van der Waals surface area (Å²) in [6, 6.07) is 0.609. The molecule has 2 N–H and O–H groups in total. The number of carboxylic acid groups (broad SMARTS) is 1. The molecule has 1 aromatic heterocycles. The lowest BCUT2D eigenvalue weighted by Crippen LogP contribution is -2.49. The van der Waals surface area contributed by atoms with E-state index in [0.717, 1.165) is 31.8 Å². The van der Waals surface area contributed by atoms with Crippen LogP contribution in [-0.4, -0.2) is 64.1 Å². The maximum absolute atomic E-state index is 12.5. The summed E-state index contributed by atoms with van der Waals surface area (Å²) in [5.41, 5.74) is 0.630. The molecule has 1 atom stereocenters. The third-order valence-electron chi connectivity index (χ3n) is 5.12. The van der Waals surface area contributed by atoms with Gasteiger partial charge in [-0.1, -0.05) is 6.92 Å². The number of aromatic nitrogens is 1. The average Bonchev–Trinajstić information content (AvgIpc) is 3.01. The van der Waals surface area contributed by atoms with Crippen LogP contribution in [-0.2, 0) is 11.2 Å². The number of carbonyl (C=O) groups is 2. The predicted molar refractivity (Wildman–Crippen MR) is 97.0 cm³/mol. The summed E-state index contributed by atoms with van der Waals surface area (Å²) >= 11 is 1.21. The van der Waals surface area contributed by atoms with E-state index in [1.54, 1.807) is 5.38 Å². The third-order valence-corrected chi connectivity index (χ3v) is 5.93. The highest BCUT2D eigenvalue weighted by Crippen LogP contribution is 2.24. The van der Waals surface area contributed by atoms with Gasteiger partial charge in [-0.3, -0.25) is 15.0 Å². The maximum Gasteiger partial charge on any atom is 0.410 e. The summed E-state index contributed by atoms with van der Waals surface area (Å²) in [4.78, 5) is 31.8. The molecule has 2 aliphatic heterocycles. The highest BCUT2D eigenvalue weighted by molar-refractivity contribution is 7.13. The molecule has 25 heavy (non-hydrogen) atoms. The molecule has 8 heteroatoms. The number of nitrogens with zero attached hydrogens (tertiary/aromatic N) is 3. The lowest BCUT2D eigenvalue weighted by molar-refractivity contribution is -0.132. The number of anilines is 1. The van der Waals surface area contributed by atoms with Crippen molar-refractivity contribution in [3.05, 3.63) is 11.1 Å². The Balaban J connectivity index is 1.46. The number of hydrogen-bond donors (Lipinski definition) is 2. The average molecular weight is 366 g/mol. The highest BCUT2D eigenvalue weighted by Gasteiger charge is 2.29. The van der Waals surface area contributed by atoms with E-state index in [-0.39, 0.29) is 12.3 Å². The Hall–Kier alpha value is -1.67. The van der Waals surface area contributed by atoms with Crippen molar-refractivity contribution in [1.29, 1.82) is 0 Å². The normalized spacial score (nSPS) is 22.8. The largest absolute Gasteiger partial charge is 0.465 e. The minimum absolute atomic E-state index is 0.0811. The van der Waals surface area contributed by atoms with E-state index >= 15 is 0 Å². The van der Waals surface area contributed by atoms with Gasteiger partial charge in [0.05, 0.1) is 12.1 Å². The van der Waals surface area contributed by atoms with Crippen LogP contribution in [0, 0.1) is 5.92 Å². The lowest BCUT2D eigenvalue weighted by Gasteiger charge is -2.41. The zero-order valence-corrected chi connectivity index (χ0v) is 15.4. The third kappa shape index (κ3) is 4.92. The van der Waals surface area contributed by atoms with Crippen LogP contribution in [0.25, 0.3) is 0 Å². The van der Waals surface area contributed by atoms with E-state index in [2.05, 4.69) is 22.1 Å². The molecule has 1 unspecified atom stereocenters. The van der Waals surface area contributed by atoms with Gasteiger partial charge in [0.1, 0.15) is 0 Å². The topological polar surface area (TPSA) is 85.8 Å². The fourth-order valence-electron chi connectivity index (χ4n) is 3.84. The minimum atomic E-state index is -1.14. The molecule has 0 bridgehead atoms. The zero-order chi connectivity index (χ0) is 17.8. The Morgan fingerprint density at radius 2 is 2.08 bits per heavy atom. The van der Waals surface area contributed by atoms with Crippen LogP contribution in [0.3, 0.4) is 0 Å². The number of carbonyl (C=O) groups excluding carboxylic acids is 1. The number of hydrogen-bond acceptors (Lipinski definition) is 5. The van der Waals surface area contributed by atoms with Crippen LogP contribution < -0.4 is 5.32 Å². The van der Waals surface area contributed by atoms with E-state index < -0.39 is 6.09 Å². The Labute approximate surface area is 152 Å². The fraction of sp³-hybridized carbons (Fsp3) is 0.706. The van der Waals surface area contributed by atoms with E-state index in [4.69, 9.17) is 5.11 Å². The van der Waals surface area contributed by atoms with Crippen molar-refractivity contribution < 1.29 is 14.7 Å². The van der Waals surface area contributed by atoms with Gasteiger partial charge in [0.25, 0.3) is 0 Å². The first-order valence-electron chi connectivity index (χ1n) is 8.97. The van der Waals surface area contributed by atoms with E-state index in [1.165, 1.54) is 37.3 Å². The van der Waals surface area contributed by atoms with Gasteiger partial charge in [0.2, 0.25) is 5.91 Å². The Bertz CT molecular complexity index is 613. The van der Waals surface area contributed by atoms with Gasteiger partial charge in [0, 0.05) is 31.1 Å².